The Morgan fingerprint density at radius 3 is 2.62 bits per heavy atom. The van der Waals surface area contributed by atoms with E-state index in [1.54, 1.807) is 0 Å². The number of nitrogens with one attached hydrogen (secondary N) is 1. The smallest absolute Gasteiger partial charge is 0.161 e. The Hall–Kier alpha value is -1.94. The summed E-state index contributed by atoms with van der Waals surface area (Å²) in [5, 5.41) is 3.46. The quantitative estimate of drug-likeness (QED) is 0.917. The van der Waals surface area contributed by atoms with Crippen LogP contribution in [-0.2, 0) is 13.0 Å². The van der Waals surface area contributed by atoms with Crippen LogP contribution in [0.4, 0.5) is 5.82 Å². The first-order valence-electron chi connectivity index (χ1n) is 7.83. The van der Waals surface area contributed by atoms with Gasteiger partial charge in [0.25, 0.3) is 0 Å². The summed E-state index contributed by atoms with van der Waals surface area (Å²) in [6.45, 7) is 4.16. The second-order valence-electron chi connectivity index (χ2n) is 5.78. The van der Waals surface area contributed by atoms with Gasteiger partial charge in [0.05, 0.1) is 5.69 Å². The number of nitrogens with zero attached hydrogens (tertiary/aromatic N) is 3. The zero-order valence-corrected chi connectivity index (χ0v) is 12.2. The van der Waals surface area contributed by atoms with Gasteiger partial charge >= 0.3 is 0 Å². The van der Waals surface area contributed by atoms with Crippen LogP contribution in [-0.4, -0.2) is 29.6 Å². The van der Waals surface area contributed by atoms with Gasteiger partial charge in [-0.25, -0.2) is 9.97 Å². The van der Waals surface area contributed by atoms with Crippen molar-refractivity contribution in [1.29, 1.82) is 0 Å². The zero-order chi connectivity index (χ0) is 14.1. The van der Waals surface area contributed by atoms with Gasteiger partial charge in [-0.1, -0.05) is 30.3 Å². The topological polar surface area (TPSA) is 41.1 Å². The normalized spacial score (nSPS) is 17.8. The Balaban J connectivity index is 1.83. The molecule has 0 atom stereocenters. The van der Waals surface area contributed by atoms with E-state index in [1.807, 2.05) is 6.07 Å². The predicted molar refractivity (Wildman–Crippen MR) is 84.3 cm³/mol. The Kier molecular flexibility index (Phi) is 3.31. The molecule has 2 aromatic rings. The highest BCUT2D eigenvalue weighted by Crippen LogP contribution is 2.29. The van der Waals surface area contributed by atoms with Crippen LogP contribution in [0, 0.1) is 0 Å². The fourth-order valence-corrected chi connectivity index (χ4v) is 3.23. The van der Waals surface area contributed by atoms with Gasteiger partial charge in [0.1, 0.15) is 5.82 Å². The molecule has 4 rings (SSSR count). The summed E-state index contributed by atoms with van der Waals surface area (Å²) in [7, 11) is 0. The van der Waals surface area contributed by atoms with Gasteiger partial charge in [-0.05, 0) is 12.8 Å². The van der Waals surface area contributed by atoms with Crippen molar-refractivity contribution in [2.45, 2.75) is 25.8 Å². The number of benzene rings is 1. The third-order valence-electron chi connectivity index (χ3n) is 4.35. The fraction of sp³-hybridized carbons (Fsp3) is 0.412. The number of anilines is 1. The average Bonchev–Trinajstić information content (AvgIpc) is 3.09. The van der Waals surface area contributed by atoms with Crippen LogP contribution < -0.4 is 10.2 Å². The van der Waals surface area contributed by atoms with Crippen molar-refractivity contribution >= 4 is 5.82 Å². The summed E-state index contributed by atoms with van der Waals surface area (Å²) in [6, 6.07) is 10.3. The molecule has 0 spiro atoms. The van der Waals surface area contributed by atoms with Gasteiger partial charge in [0.2, 0.25) is 0 Å². The standard InChI is InChI=1S/C17H20N4/c1-2-6-13(7-3-1)16-19-15-8-9-18-12-14(15)17(20-16)21-10-4-5-11-21/h1-3,6-7,18H,4-5,8-12H2. The first-order chi connectivity index (χ1) is 10.4. The van der Waals surface area contributed by atoms with E-state index in [4.69, 9.17) is 9.97 Å². The van der Waals surface area contributed by atoms with E-state index >= 15 is 0 Å². The monoisotopic (exact) mass is 280 g/mol. The highest BCUT2D eigenvalue weighted by molar-refractivity contribution is 5.61. The molecule has 3 heterocycles. The number of fused-ring (bicyclic) bond motifs is 1. The van der Waals surface area contributed by atoms with Crippen molar-refractivity contribution in [2.75, 3.05) is 24.5 Å². The van der Waals surface area contributed by atoms with E-state index < -0.39 is 0 Å². The lowest BCUT2D eigenvalue weighted by atomic mass is 10.1. The van der Waals surface area contributed by atoms with Crippen LogP contribution in [0.25, 0.3) is 11.4 Å². The number of hydrogen-bond acceptors (Lipinski definition) is 4. The summed E-state index contributed by atoms with van der Waals surface area (Å²) >= 11 is 0. The van der Waals surface area contributed by atoms with Crippen molar-refractivity contribution < 1.29 is 0 Å². The molecular weight excluding hydrogens is 260 g/mol. The van der Waals surface area contributed by atoms with Gasteiger partial charge in [-0.2, -0.15) is 0 Å². The molecule has 2 aliphatic rings. The Morgan fingerprint density at radius 1 is 1.00 bits per heavy atom. The minimum absolute atomic E-state index is 0.873. The van der Waals surface area contributed by atoms with Crippen molar-refractivity contribution in [3.05, 3.63) is 41.6 Å². The van der Waals surface area contributed by atoms with Crippen LogP contribution in [0.1, 0.15) is 24.1 Å². The maximum atomic E-state index is 4.91. The molecule has 1 N–H and O–H groups in total. The van der Waals surface area contributed by atoms with E-state index in [9.17, 15) is 0 Å². The molecule has 4 heteroatoms. The molecule has 1 aromatic heterocycles. The molecule has 4 nitrogen and oxygen atoms in total. The average molecular weight is 280 g/mol. The third-order valence-corrected chi connectivity index (χ3v) is 4.35. The molecule has 1 aromatic carbocycles. The molecule has 0 saturated carbocycles. The van der Waals surface area contributed by atoms with E-state index in [0.29, 0.717) is 0 Å². The van der Waals surface area contributed by atoms with E-state index in [-0.39, 0.29) is 0 Å². The summed E-state index contributed by atoms with van der Waals surface area (Å²) in [5.74, 6) is 2.03. The zero-order valence-electron chi connectivity index (χ0n) is 12.2. The molecule has 0 unspecified atom stereocenters. The predicted octanol–water partition coefficient (Wildman–Crippen LogP) is 2.39. The number of aromatic nitrogens is 2. The second kappa shape index (κ2) is 5.45. The van der Waals surface area contributed by atoms with Gasteiger partial charge in [0.15, 0.2) is 5.82 Å². The first-order valence-corrected chi connectivity index (χ1v) is 7.83. The molecule has 108 valence electrons. The summed E-state index contributed by atoms with van der Waals surface area (Å²) in [6.07, 6.45) is 3.54. The van der Waals surface area contributed by atoms with Crippen molar-refractivity contribution in [1.82, 2.24) is 15.3 Å². The molecule has 0 radical (unpaired) electrons. The largest absolute Gasteiger partial charge is 0.356 e. The van der Waals surface area contributed by atoms with Crippen LogP contribution in [0.2, 0.25) is 0 Å². The lowest BCUT2D eigenvalue weighted by molar-refractivity contribution is 0.624. The molecule has 2 aliphatic heterocycles. The second-order valence-corrected chi connectivity index (χ2v) is 5.78. The maximum absolute atomic E-state index is 4.91. The third kappa shape index (κ3) is 2.40. The van der Waals surface area contributed by atoms with E-state index in [1.165, 1.54) is 24.1 Å². The van der Waals surface area contributed by atoms with Crippen LogP contribution in [0.15, 0.2) is 30.3 Å². The van der Waals surface area contributed by atoms with E-state index in [0.717, 1.165) is 49.8 Å². The van der Waals surface area contributed by atoms with Crippen molar-refractivity contribution in [3.8, 4) is 11.4 Å². The Bertz CT molecular complexity index is 633. The fourth-order valence-electron chi connectivity index (χ4n) is 3.23. The first kappa shape index (κ1) is 12.8. The Morgan fingerprint density at radius 2 is 1.81 bits per heavy atom. The molecule has 0 amide bonds. The van der Waals surface area contributed by atoms with Gasteiger partial charge in [-0.15, -0.1) is 0 Å². The van der Waals surface area contributed by atoms with Gasteiger partial charge < -0.3 is 10.2 Å². The SMILES string of the molecule is c1ccc(-c2nc3c(c(N4CCCC4)n2)CNCC3)cc1. The lowest BCUT2D eigenvalue weighted by Crippen LogP contribution is -2.30. The molecular formula is C17H20N4. The molecule has 1 saturated heterocycles. The van der Waals surface area contributed by atoms with Crippen LogP contribution >= 0.6 is 0 Å². The minimum atomic E-state index is 0.873. The van der Waals surface area contributed by atoms with E-state index in [2.05, 4.69) is 34.5 Å². The lowest BCUT2D eigenvalue weighted by Gasteiger charge is -2.25. The summed E-state index contributed by atoms with van der Waals surface area (Å²) in [5.41, 5.74) is 3.65. The molecule has 0 bridgehead atoms. The maximum Gasteiger partial charge on any atom is 0.161 e. The minimum Gasteiger partial charge on any atom is -0.356 e. The van der Waals surface area contributed by atoms with Gasteiger partial charge in [0, 0.05) is 43.7 Å². The molecule has 1 fully saturated rings. The highest BCUT2D eigenvalue weighted by Gasteiger charge is 2.23. The van der Waals surface area contributed by atoms with Crippen LogP contribution in [0.5, 0.6) is 0 Å². The van der Waals surface area contributed by atoms with Crippen molar-refractivity contribution in [2.24, 2.45) is 0 Å². The Labute approximate surface area is 125 Å². The molecule has 0 aliphatic carbocycles. The van der Waals surface area contributed by atoms with Crippen molar-refractivity contribution in [3.63, 3.8) is 0 Å². The number of hydrogen-bond donors (Lipinski definition) is 1. The summed E-state index contributed by atoms with van der Waals surface area (Å²) < 4.78 is 0. The number of rotatable bonds is 2. The summed E-state index contributed by atoms with van der Waals surface area (Å²) in [4.78, 5) is 12.2. The molecule has 21 heavy (non-hydrogen) atoms. The van der Waals surface area contributed by atoms with Crippen LogP contribution in [0.3, 0.4) is 0 Å². The van der Waals surface area contributed by atoms with Gasteiger partial charge in [-0.3, -0.25) is 0 Å². The highest BCUT2D eigenvalue weighted by atomic mass is 15.2.